The lowest BCUT2D eigenvalue weighted by atomic mass is 10.0. The third-order valence-corrected chi connectivity index (χ3v) is 3.54. The zero-order chi connectivity index (χ0) is 19.5. The molecule has 0 bridgehead atoms. The summed E-state index contributed by atoms with van der Waals surface area (Å²) < 4.78 is 0. The first-order valence-electron chi connectivity index (χ1n) is 8.19. The highest BCUT2D eigenvalue weighted by Crippen LogP contribution is 2.05. The Kier molecular flexibility index (Phi) is 8.62. The van der Waals surface area contributed by atoms with Crippen molar-refractivity contribution in [1.82, 2.24) is 10.6 Å². The van der Waals surface area contributed by atoms with E-state index in [0.29, 0.717) is 6.42 Å². The van der Waals surface area contributed by atoms with E-state index in [1.54, 1.807) is 0 Å². The van der Waals surface area contributed by atoms with Gasteiger partial charge in [-0.2, -0.15) is 0 Å². The maximum atomic E-state index is 12.5. The number of aliphatic carboxylic acids is 1. The van der Waals surface area contributed by atoms with Gasteiger partial charge in [0.1, 0.15) is 12.1 Å². The summed E-state index contributed by atoms with van der Waals surface area (Å²) in [6, 6.07) is 7.17. The van der Waals surface area contributed by atoms with Crippen LogP contribution in [-0.2, 0) is 20.8 Å². The number of nitrogens with two attached hydrogens (primary N) is 2. The minimum Gasteiger partial charge on any atom is -0.480 e. The maximum Gasteiger partial charge on any atom is 0.326 e. The van der Waals surface area contributed by atoms with Gasteiger partial charge in [-0.25, -0.2) is 4.79 Å². The van der Waals surface area contributed by atoms with Crippen molar-refractivity contribution in [3.8, 4) is 0 Å². The van der Waals surface area contributed by atoms with E-state index >= 15 is 0 Å². The average molecular weight is 363 g/mol. The molecule has 0 spiro atoms. The molecule has 26 heavy (non-hydrogen) atoms. The average Bonchev–Trinajstić information content (AvgIpc) is 2.57. The Hall–Kier alpha value is -3.10. The van der Waals surface area contributed by atoms with E-state index in [9.17, 15) is 19.5 Å². The third-order valence-electron chi connectivity index (χ3n) is 3.54. The van der Waals surface area contributed by atoms with E-state index in [2.05, 4.69) is 15.6 Å². The Morgan fingerprint density at radius 2 is 1.77 bits per heavy atom. The van der Waals surface area contributed by atoms with Crippen molar-refractivity contribution in [3.05, 3.63) is 35.9 Å². The van der Waals surface area contributed by atoms with Crippen LogP contribution in [0.1, 0.15) is 25.3 Å². The van der Waals surface area contributed by atoms with Crippen LogP contribution < -0.4 is 22.1 Å². The number of carboxylic acid groups (broad SMARTS) is 1. The largest absolute Gasteiger partial charge is 0.480 e. The van der Waals surface area contributed by atoms with Crippen LogP contribution in [0.2, 0.25) is 0 Å². The summed E-state index contributed by atoms with van der Waals surface area (Å²) in [6.45, 7) is 1.57. The van der Waals surface area contributed by atoms with Crippen LogP contribution in [0.3, 0.4) is 0 Å². The Morgan fingerprint density at radius 1 is 1.12 bits per heavy atom. The first kappa shape index (κ1) is 20.9. The summed E-state index contributed by atoms with van der Waals surface area (Å²) >= 11 is 0. The zero-order valence-electron chi connectivity index (χ0n) is 14.6. The van der Waals surface area contributed by atoms with Crippen molar-refractivity contribution in [2.24, 2.45) is 16.5 Å². The van der Waals surface area contributed by atoms with Gasteiger partial charge in [-0.1, -0.05) is 30.3 Å². The van der Waals surface area contributed by atoms with Crippen LogP contribution in [0.15, 0.2) is 35.3 Å². The molecule has 1 aromatic rings. The molecule has 7 N–H and O–H groups in total. The molecule has 1 aromatic carbocycles. The number of rotatable bonds is 10. The van der Waals surface area contributed by atoms with Gasteiger partial charge in [0.2, 0.25) is 11.8 Å². The zero-order valence-corrected chi connectivity index (χ0v) is 14.6. The van der Waals surface area contributed by atoms with Gasteiger partial charge in [0.05, 0.1) is 0 Å². The number of guanidine groups is 1. The third kappa shape index (κ3) is 8.13. The molecule has 0 radical (unpaired) electrons. The van der Waals surface area contributed by atoms with Crippen molar-refractivity contribution < 1.29 is 19.5 Å². The molecular formula is C17H25N5O4. The minimum atomic E-state index is -1.16. The topological polar surface area (TPSA) is 160 Å². The number of benzene rings is 1. The first-order chi connectivity index (χ1) is 12.3. The molecule has 0 saturated carbocycles. The summed E-state index contributed by atoms with van der Waals surface area (Å²) in [6.07, 6.45) is 0.807. The fraction of sp³-hybridized carbons (Fsp3) is 0.412. The predicted molar refractivity (Wildman–Crippen MR) is 97.2 cm³/mol. The first-order valence-corrected chi connectivity index (χ1v) is 8.19. The maximum absolute atomic E-state index is 12.5. The number of amides is 2. The molecule has 2 amide bonds. The normalized spacial score (nSPS) is 12.5. The van der Waals surface area contributed by atoms with Crippen LogP contribution in [0.4, 0.5) is 0 Å². The van der Waals surface area contributed by atoms with Gasteiger partial charge in [-0.15, -0.1) is 0 Å². The summed E-state index contributed by atoms with van der Waals surface area (Å²) in [4.78, 5) is 39.0. The number of aliphatic imine (C=N–C) groups is 1. The van der Waals surface area contributed by atoms with Crippen LogP contribution in [0, 0.1) is 0 Å². The van der Waals surface area contributed by atoms with Crippen LogP contribution >= 0.6 is 0 Å². The van der Waals surface area contributed by atoms with Crippen molar-refractivity contribution in [1.29, 1.82) is 0 Å². The van der Waals surface area contributed by atoms with Gasteiger partial charge in [0.25, 0.3) is 0 Å². The van der Waals surface area contributed by atoms with Gasteiger partial charge in [0, 0.05) is 19.9 Å². The molecular weight excluding hydrogens is 338 g/mol. The quantitative estimate of drug-likeness (QED) is 0.211. The molecule has 142 valence electrons. The van der Waals surface area contributed by atoms with Gasteiger partial charge >= 0.3 is 5.97 Å². The van der Waals surface area contributed by atoms with E-state index < -0.39 is 24.0 Å². The number of nitrogens with zero attached hydrogens (tertiary/aromatic N) is 1. The second-order valence-electron chi connectivity index (χ2n) is 5.79. The highest BCUT2D eigenvalue weighted by molar-refractivity contribution is 5.90. The summed E-state index contributed by atoms with van der Waals surface area (Å²) in [5.74, 6) is -2.17. The number of carbonyl (C=O) groups is 3. The van der Waals surface area contributed by atoms with Gasteiger partial charge < -0.3 is 27.2 Å². The molecule has 9 nitrogen and oxygen atoms in total. The molecule has 0 aromatic heterocycles. The molecule has 0 aliphatic carbocycles. The lowest BCUT2D eigenvalue weighted by Crippen LogP contribution is -2.52. The molecule has 0 heterocycles. The van der Waals surface area contributed by atoms with Crippen LogP contribution in [-0.4, -0.2) is 47.5 Å². The van der Waals surface area contributed by atoms with E-state index in [4.69, 9.17) is 11.5 Å². The molecule has 0 aliphatic heterocycles. The number of carbonyl (C=O) groups excluding carboxylic acids is 2. The fourth-order valence-corrected chi connectivity index (χ4v) is 2.34. The summed E-state index contributed by atoms with van der Waals surface area (Å²) in [7, 11) is 0. The second-order valence-corrected chi connectivity index (χ2v) is 5.79. The van der Waals surface area contributed by atoms with E-state index in [0.717, 1.165) is 5.56 Å². The Balaban J connectivity index is 2.72. The van der Waals surface area contributed by atoms with Gasteiger partial charge in [-0.3, -0.25) is 14.6 Å². The fourth-order valence-electron chi connectivity index (χ4n) is 2.34. The number of hydrogen-bond donors (Lipinski definition) is 5. The standard InChI is InChI=1S/C17H25N5O4/c1-11(23)21-14(10-12-6-3-2-4-7-12)15(24)22-13(16(25)26)8-5-9-20-17(18)19/h2-4,6-7,13-14H,5,8-10H2,1H3,(H,21,23)(H,22,24)(H,25,26)(H4,18,19,20)/t13-,14-/m0/s1. The SMILES string of the molecule is CC(=O)N[C@@H](Cc1ccccc1)C(=O)N[C@@H](CCCN=C(N)N)C(=O)O. The molecule has 1 rings (SSSR count). The number of hydrogen-bond acceptors (Lipinski definition) is 4. The summed E-state index contributed by atoms with van der Waals surface area (Å²) in [5, 5.41) is 14.3. The summed E-state index contributed by atoms with van der Waals surface area (Å²) in [5.41, 5.74) is 11.3. The Labute approximate surface area is 151 Å². The van der Waals surface area contributed by atoms with Crippen molar-refractivity contribution in [2.45, 2.75) is 38.3 Å². The molecule has 0 saturated heterocycles. The molecule has 9 heteroatoms. The van der Waals surface area contributed by atoms with E-state index in [1.165, 1.54) is 6.92 Å². The van der Waals surface area contributed by atoms with E-state index in [-0.39, 0.29) is 31.3 Å². The Morgan fingerprint density at radius 3 is 2.31 bits per heavy atom. The number of nitrogens with one attached hydrogen (secondary N) is 2. The Bertz CT molecular complexity index is 644. The second kappa shape index (κ2) is 10.7. The smallest absolute Gasteiger partial charge is 0.326 e. The lowest BCUT2D eigenvalue weighted by molar-refractivity contribution is -0.142. The van der Waals surface area contributed by atoms with E-state index in [1.807, 2.05) is 30.3 Å². The minimum absolute atomic E-state index is 0.0745. The van der Waals surface area contributed by atoms with Gasteiger partial charge in [-0.05, 0) is 18.4 Å². The number of carboxylic acids is 1. The van der Waals surface area contributed by atoms with Crippen LogP contribution in [0.25, 0.3) is 0 Å². The molecule has 0 unspecified atom stereocenters. The predicted octanol–water partition coefficient (Wildman–Crippen LogP) is -0.643. The monoisotopic (exact) mass is 363 g/mol. The highest BCUT2D eigenvalue weighted by atomic mass is 16.4. The lowest BCUT2D eigenvalue weighted by Gasteiger charge is -2.21. The van der Waals surface area contributed by atoms with Crippen molar-refractivity contribution in [3.63, 3.8) is 0 Å². The van der Waals surface area contributed by atoms with Gasteiger partial charge in [0.15, 0.2) is 5.96 Å². The molecule has 0 fully saturated rings. The van der Waals surface area contributed by atoms with Crippen molar-refractivity contribution in [2.75, 3.05) is 6.54 Å². The highest BCUT2D eigenvalue weighted by Gasteiger charge is 2.25. The molecule has 2 atom stereocenters. The molecule has 0 aliphatic rings. The van der Waals surface area contributed by atoms with Crippen LogP contribution in [0.5, 0.6) is 0 Å². The van der Waals surface area contributed by atoms with Crippen molar-refractivity contribution >= 4 is 23.7 Å².